The van der Waals surface area contributed by atoms with Gasteiger partial charge in [-0.2, -0.15) is 0 Å². The molecule has 0 radical (unpaired) electrons. The summed E-state index contributed by atoms with van der Waals surface area (Å²) in [6, 6.07) is 10.1. The Morgan fingerprint density at radius 1 is 1.18 bits per heavy atom. The van der Waals surface area contributed by atoms with E-state index in [1.165, 1.54) is 5.57 Å². The number of hydrogen-bond acceptors (Lipinski definition) is 6. The number of tetrazole rings is 1. The second-order valence-electron chi connectivity index (χ2n) is 7.30. The average Bonchev–Trinajstić information content (AvgIpc) is 3.18. The number of amides is 1. The van der Waals surface area contributed by atoms with E-state index in [0.717, 1.165) is 31.6 Å². The van der Waals surface area contributed by atoms with Crippen LogP contribution in [0.1, 0.15) is 30.8 Å². The third-order valence-corrected chi connectivity index (χ3v) is 5.40. The fraction of sp³-hybridized carbons (Fsp3) is 0.500. The third kappa shape index (κ3) is 4.13. The first kappa shape index (κ1) is 18.8. The van der Waals surface area contributed by atoms with Gasteiger partial charge >= 0.3 is 0 Å². The van der Waals surface area contributed by atoms with E-state index < -0.39 is 0 Å². The van der Waals surface area contributed by atoms with Gasteiger partial charge in [0.1, 0.15) is 6.54 Å². The minimum atomic E-state index is -0.101. The Morgan fingerprint density at radius 2 is 1.96 bits per heavy atom. The van der Waals surface area contributed by atoms with E-state index in [0.29, 0.717) is 25.6 Å². The fourth-order valence-electron chi connectivity index (χ4n) is 3.74. The molecule has 1 aromatic heterocycles. The fourth-order valence-corrected chi connectivity index (χ4v) is 3.74. The maximum atomic E-state index is 12.8. The average molecular weight is 382 g/mol. The highest BCUT2D eigenvalue weighted by molar-refractivity contribution is 5.76. The monoisotopic (exact) mass is 382 g/mol. The van der Waals surface area contributed by atoms with E-state index in [1.807, 2.05) is 23.1 Å². The summed E-state index contributed by atoms with van der Waals surface area (Å²) in [6.45, 7) is 6.65. The van der Waals surface area contributed by atoms with Crippen molar-refractivity contribution < 1.29 is 9.53 Å². The zero-order valence-electron chi connectivity index (χ0n) is 16.2. The topological polar surface area (TPSA) is 76.4 Å². The van der Waals surface area contributed by atoms with Crippen LogP contribution in [0.25, 0.3) is 0 Å². The second kappa shape index (κ2) is 8.62. The lowest BCUT2D eigenvalue weighted by Gasteiger charge is -2.34. The number of ether oxygens (including phenoxy) is 1. The molecule has 28 heavy (non-hydrogen) atoms. The highest BCUT2D eigenvalue weighted by Gasteiger charge is 2.30. The molecule has 0 N–H and O–H groups in total. The van der Waals surface area contributed by atoms with Gasteiger partial charge in [-0.05, 0) is 29.3 Å². The Kier molecular flexibility index (Phi) is 5.78. The largest absolute Gasteiger partial charge is 0.379 e. The van der Waals surface area contributed by atoms with Crippen molar-refractivity contribution in [1.82, 2.24) is 30.0 Å². The Balaban J connectivity index is 1.58. The van der Waals surface area contributed by atoms with Crippen LogP contribution in [0, 0.1) is 0 Å². The molecule has 0 saturated carbocycles. The molecule has 148 valence electrons. The minimum Gasteiger partial charge on any atom is -0.379 e. The molecular weight excluding hydrogens is 356 g/mol. The van der Waals surface area contributed by atoms with E-state index in [2.05, 4.69) is 45.6 Å². The van der Waals surface area contributed by atoms with Crippen molar-refractivity contribution in [3.8, 4) is 0 Å². The molecule has 2 aliphatic rings. The molecule has 2 aromatic rings. The lowest BCUT2D eigenvalue weighted by Crippen LogP contribution is -2.41. The molecule has 1 unspecified atom stereocenters. The molecular formula is C20H26N6O2. The van der Waals surface area contributed by atoms with Gasteiger partial charge in [0.15, 0.2) is 5.82 Å². The lowest BCUT2D eigenvalue weighted by molar-refractivity contribution is -0.131. The molecule has 1 atom stereocenters. The van der Waals surface area contributed by atoms with Crippen LogP contribution in [0.3, 0.4) is 0 Å². The zero-order valence-corrected chi connectivity index (χ0v) is 16.2. The summed E-state index contributed by atoms with van der Waals surface area (Å²) in [5.74, 6) is 0.747. The predicted molar refractivity (Wildman–Crippen MR) is 103 cm³/mol. The maximum Gasteiger partial charge on any atom is 0.244 e. The normalized spacial score (nSPS) is 19.3. The van der Waals surface area contributed by atoms with Crippen molar-refractivity contribution in [2.24, 2.45) is 0 Å². The first-order chi connectivity index (χ1) is 13.7. The van der Waals surface area contributed by atoms with Gasteiger partial charge in [0, 0.05) is 26.2 Å². The minimum absolute atomic E-state index is 0.0473. The first-order valence-electron chi connectivity index (χ1n) is 9.78. The number of benzene rings is 1. The number of aromatic nitrogens is 4. The SMILES string of the molecule is CC1=CCN(C(=O)Cn2nnnc2C(c2ccccc2)N2CCOCC2)CC1. The van der Waals surface area contributed by atoms with Crippen molar-refractivity contribution in [1.29, 1.82) is 0 Å². The van der Waals surface area contributed by atoms with Gasteiger partial charge < -0.3 is 9.64 Å². The van der Waals surface area contributed by atoms with Crippen LogP contribution in [-0.4, -0.2) is 75.3 Å². The summed E-state index contributed by atoms with van der Waals surface area (Å²) in [5.41, 5.74) is 2.45. The molecule has 1 aromatic carbocycles. The van der Waals surface area contributed by atoms with Crippen LogP contribution in [-0.2, 0) is 16.1 Å². The Bertz CT molecular complexity index is 828. The quantitative estimate of drug-likeness (QED) is 0.725. The van der Waals surface area contributed by atoms with Gasteiger partial charge in [-0.25, -0.2) is 4.68 Å². The van der Waals surface area contributed by atoms with Crippen LogP contribution >= 0.6 is 0 Å². The number of morpholine rings is 1. The van der Waals surface area contributed by atoms with Gasteiger partial charge in [0.05, 0.1) is 19.3 Å². The second-order valence-corrected chi connectivity index (χ2v) is 7.30. The summed E-state index contributed by atoms with van der Waals surface area (Å²) in [5, 5.41) is 12.4. The molecule has 1 fully saturated rings. The molecule has 0 spiro atoms. The standard InChI is InChI=1S/C20H26N6O2/c1-16-7-9-24(10-8-16)18(27)15-26-20(21-22-23-26)19(17-5-3-2-4-6-17)25-11-13-28-14-12-25/h2-7,19H,8-15H2,1H3. The summed E-state index contributed by atoms with van der Waals surface area (Å²) >= 11 is 0. The Hall–Kier alpha value is -2.58. The van der Waals surface area contributed by atoms with Crippen LogP contribution < -0.4 is 0 Å². The number of rotatable bonds is 5. The van der Waals surface area contributed by atoms with Crippen LogP contribution in [0.2, 0.25) is 0 Å². The summed E-state index contributed by atoms with van der Waals surface area (Å²) in [4.78, 5) is 17.0. The van der Waals surface area contributed by atoms with Gasteiger partial charge in [-0.3, -0.25) is 9.69 Å². The van der Waals surface area contributed by atoms with E-state index in [9.17, 15) is 4.79 Å². The lowest BCUT2D eigenvalue weighted by atomic mass is 10.0. The maximum absolute atomic E-state index is 12.8. The van der Waals surface area contributed by atoms with Crippen molar-refractivity contribution in [2.75, 3.05) is 39.4 Å². The van der Waals surface area contributed by atoms with E-state index in [-0.39, 0.29) is 18.5 Å². The summed E-state index contributed by atoms with van der Waals surface area (Å²) in [6.07, 6.45) is 3.04. The molecule has 8 nitrogen and oxygen atoms in total. The highest BCUT2D eigenvalue weighted by atomic mass is 16.5. The molecule has 0 aliphatic carbocycles. The molecule has 2 aliphatic heterocycles. The van der Waals surface area contributed by atoms with E-state index in [1.54, 1.807) is 4.68 Å². The van der Waals surface area contributed by atoms with Crippen molar-refractivity contribution in [3.63, 3.8) is 0 Å². The van der Waals surface area contributed by atoms with Crippen molar-refractivity contribution >= 4 is 5.91 Å². The highest BCUT2D eigenvalue weighted by Crippen LogP contribution is 2.27. The molecule has 0 bridgehead atoms. The number of hydrogen-bond donors (Lipinski definition) is 0. The van der Waals surface area contributed by atoms with Gasteiger partial charge in [-0.15, -0.1) is 5.10 Å². The number of carbonyl (C=O) groups excluding carboxylic acids is 1. The van der Waals surface area contributed by atoms with Crippen molar-refractivity contribution in [3.05, 3.63) is 53.4 Å². The molecule has 1 saturated heterocycles. The van der Waals surface area contributed by atoms with E-state index in [4.69, 9.17) is 4.74 Å². The van der Waals surface area contributed by atoms with Crippen LogP contribution in [0.5, 0.6) is 0 Å². The Morgan fingerprint density at radius 3 is 2.68 bits per heavy atom. The van der Waals surface area contributed by atoms with Gasteiger partial charge in [-0.1, -0.05) is 42.0 Å². The summed E-state index contributed by atoms with van der Waals surface area (Å²) < 4.78 is 7.17. The molecule has 8 heteroatoms. The van der Waals surface area contributed by atoms with Gasteiger partial charge in [0.25, 0.3) is 0 Å². The Labute approximate surface area is 164 Å². The number of carbonyl (C=O) groups is 1. The zero-order chi connectivity index (χ0) is 19.3. The van der Waals surface area contributed by atoms with Crippen molar-refractivity contribution in [2.45, 2.75) is 25.9 Å². The van der Waals surface area contributed by atoms with E-state index >= 15 is 0 Å². The van der Waals surface area contributed by atoms with Crippen LogP contribution in [0.15, 0.2) is 42.0 Å². The van der Waals surface area contributed by atoms with Crippen LogP contribution in [0.4, 0.5) is 0 Å². The molecule has 4 rings (SSSR count). The smallest absolute Gasteiger partial charge is 0.244 e. The summed E-state index contributed by atoms with van der Waals surface area (Å²) in [7, 11) is 0. The molecule has 3 heterocycles. The number of nitrogens with zero attached hydrogens (tertiary/aromatic N) is 6. The first-order valence-corrected chi connectivity index (χ1v) is 9.78. The van der Waals surface area contributed by atoms with Gasteiger partial charge in [0.2, 0.25) is 5.91 Å². The predicted octanol–water partition coefficient (Wildman–Crippen LogP) is 1.27. The molecule has 1 amide bonds. The third-order valence-electron chi connectivity index (χ3n) is 5.40.